The Morgan fingerprint density at radius 2 is 1.55 bits per heavy atom. The Kier molecular flexibility index (Phi) is 7.03. The van der Waals surface area contributed by atoms with Gasteiger partial charge in [0.05, 0.1) is 17.2 Å². The largest absolute Gasteiger partial charge is 0.462 e. The van der Waals surface area contributed by atoms with E-state index in [1.54, 1.807) is 13.8 Å². The Balaban J connectivity index is 2.40. The molecule has 1 aromatic heterocycles. The van der Waals surface area contributed by atoms with Gasteiger partial charge in [-0.3, -0.25) is 4.79 Å². The van der Waals surface area contributed by atoms with Gasteiger partial charge < -0.3 is 4.74 Å². The first-order valence-corrected chi connectivity index (χ1v) is 9.73. The number of benzene rings is 1. The third kappa shape index (κ3) is 5.93. The molecule has 1 heterocycles. The van der Waals surface area contributed by atoms with Crippen molar-refractivity contribution in [3.63, 3.8) is 0 Å². The molecule has 0 aliphatic rings. The number of aromatic nitrogens is 3. The van der Waals surface area contributed by atoms with E-state index in [4.69, 9.17) is 4.74 Å². The van der Waals surface area contributed by atoms with Gasteiger partial charge in [0.2, 0.25) is 0 Å². The van der Waals surface area contributed by atoms with Gasteiger partial charge >= 0.3 is 18.3 Å². The second-order valence-corrected chi connectivity index (χ2v) is 8.03. The van der Waals surface area contributed by atoms with Gasteiger partial charge in [0.25, 0.3) is 0 Å². The molecule has 1 aromatic carbocycles. The summed E-state index contributed by atoms with van der Waals surface area (Å²) in [4.78, 5) is 13.9. The van der Waals surface area contributed by atoms with E-state index in [2.05, 4.69) is 41.9 Å². The van der Waals surface area contributed by atoms with Gasteiger partial charge in [-0.2, -0.15) is 26.3 Å². The number of carbonyl (C=O) groups is 1. The highest BCUT2D eigenvalue weighted by Crippen LogP contribution is 2.38. The number of ether oxygens (including phenoxy) is 1. The van der Waals surface area contributed by atoms with E-state index < -0.39 is 44.8 Å². The average molecular weight is 553 g/mol. The van der Waals surface area contributed by atoms with Crippen LogP contribution in [0.1, 0.15) is 29.9 Å². The zero-order valence-electron chi connectivity index (χ0n) is 14.7. The number of rotatable bonds is 5. The second kappa shape index (κ2) is 8.62. The van der Waals surface area contributed by atoms with Crippen LogP contribution in [0.5, 0.6) is 0 Å². The summed E-state index contributed by atoms with van der Waals surface area (Å²) in [5.41, 5.74) is -3.43. The lowest BCUT2D eigenvalue weighted by Gasteiger charge is -2.17. The molecular weight excluding hydrogens is 540 g/mol. The average Bonchev–Trinajstić information content (AvgIpc) is 3.08. The van der Waals surface area contributed by atoms with Crippen molar-refractivity contribution in [3.05, 3.63) is 35.7 Å². The molecule has 13 heteroatoms. The third-order valence-electron chi connectivity index (χ3n) is 3.43. The minimum absolute atomic E-state index is 0.0181. The van der Waals surface area contributed by atoms with Crippen LogP contribution in [0.15, 0.2) is 24.5 Å². The van der Waals surface area contributed by atoms with Crippen molar-refractivity contribution in [1.82, 2.24) is 14.8 Å². The first-order valence-electron chi connectivity index (χ1n) is 7.89. The molecule has 0 amide bonds. The predicted molar refractivity (Wildman–Crippen MR) is 97.4 cm³/mol. The van der Waals surface area contributed by atoms with Crippen LogP contribution in [-0.2, 0) is 21.9 Å². The molecule has 2 rings (SSSR count). The fourth-order valence-corrected chi connectivity index (χ4v) is 2.92. The van der Waals surface area contributed by atoms with Crippen LogP contribution in [0.25, 0.3) is 11.4 Å². The lowest BCUT2D eigenvalue weighted by atomic mass is 10.0. The van der Waals surface area contributed by atoms with Gasteiger partial charge in [0, 0.05) is 5.56 Å². The molecule has 0 aliphatic carbocycles. The Morgan fingerprint density at radius 3 is 2.00 bits per heavy atom. The summed E-state index contributed by atoms with van der Waals surface area (Å²) < 4.78 is 84.1. The van der Waals surface area contributed by atoms with Crippen molar-refractivity contribution in [3.8, 4) is 11.4 Å². The van der Waals surface area contributed by atoms with E-state index in [0.717, 1.165) is 11.0 Å². The SMILES string of the molecule is CC(C)OC(=O)C(Br)C(Br)n1cnc(-c2cc(C(F)(F)F)cc(C(F)(F)F)c2)n1. The summed E-state index contributed by atoms with van der Waals surface area (Å²) >= 11 is 6.28. The van der Waals surface area contributed by atoms with Crippen molar-refractivity contribution in [2.24, 2.45) is 0 Å². The van der Waals surface area contributed by atoms with Gasteiger partial charge in [-0.15, -0.1) is 5.10 Å². The normalized spacial score (nSPS) is 14.7. The van der Waals surface area contributed by atoms with Gasteiger partial charge in [0.15, 0.2) is 5.82 Å². The topological polar surface area (TPSA) is 57.0 Å². The van der Waals surface area contributed by atoms with E-state index in [1.165, 1.54) is 0 Å². The quantitative estimate of drug-likeness (QED) is 0.276. The Hall–Kier alpha value is -1.63. The highest BCUT2D eigenvalue weighted by atomic mass is 79.9. The zero-order valence-corrected chi connectivity index (χ0v) is 17.9. The molecule has 0 fully saturated rings. The molecule has 2 unspecified atom stereocenters. The van der Waals surface area contributed by atoms with Crippen molar-refractivity contribution < 1.29 is 35.9 Å². The lowest BCUT2D eigenvalue weighted by molar-refractivity contribution is -0.147. The van der Waals surface area contributed by atoms with Crippen LogP contribution < -0.4 is 0 Å². The number of carbonyl (C=O) groups excluding carboxylic acids is 1. The van der Waals surface area contributed by atoms with Gasteiger partial charge in [-0.25, -0.2) is 9.67 Å². The van der Waals surface area contributed by atoms with E-state index in [-0.39, 0.29) is 18.0 Å². The number of alkyl halides is 8. The van der Waals surface area contributed by atoms with E-state index in [0.29, 0.717) is 12.1 Å². The zero-order chi connectivity index (χ0) is 22.1. The molecule has 0 saturated heterocycles. The van der Waals surface area contributed by atoms with E-state index in [9.17, 15) is 31.1 Å². The summed E-state index contributed by atoms with van der Waals surface area (Å²) in [5, 5.41) is 3.90. The molecule has 2 atom stereocenters. The number of hydrogen-bond donors (Lipinski definition) is 0. The molecule has 0 saturated carbocycles. The maximum absolute atomic E-state index is 13.0. The van der Waals surface area contributed by atoms with Gasteiger partial charge in [0.1, 0.15) is 16.1 Å². The van der Waals surface area contributed by atoms with Crippen LogP contribution >= 0.6 is 31.9 Å². The maximum atomic E-state index is 13.0. The lowest BCUT2D eigenvalue weighted by Crippen LogP contribution is -2.27. The predicted octanol–water partition coefficient (Wildman–Crippen LogP) is 5.59. The van der Waals surface area contributed by atoms with Gasteiger partial charge in [-0.05, 0) is 32.0 Å². The Bertz CT molecular complexity index is 850. The van der Waals surface area contributed by atoms with Crippen molar-refractivity contribution in [2.75, 3.05) is 0 Å². The van der Waals surface area contributed by atoms with Crippen LogP contribution in [-0.4, -0.2) is 31.7 Å². The molecule has 0 aliphatic heterocycles. The monoisotopic (exact) mass is 551 g/mol. The van der Waals surface area contributed by atoms with E-state index in [1.807, 2.05) is 0 Å². The van der Waals surface area contributed by atoms with Crippen molar-refractivity contribution >= 4 is 37.8 Å². The first-order chi connectivity index (χ1) is 13.2. The summed E-state index contributed by atoms with van der Waals surface area (Å²) in [6.45, 7) is 3.28. The highest BCUT2D eigenvalue weighted by molar-refractivity contribution is 9.12. The molecule has 2 aromatic rings. The maximum Gasteiger partial charge on any atom is 0.416 e. The molecule has 160 valence electrons. The summed E-state index contributed by atoms with van der Waals surface area (Å²) in [6, 6.07) is 1.07. The van der Waals surface area contributed by atoms with Crippen molar-refractivity contribution in [1.29, 1.82) is 0 Å². The molecule has 0 spiro atoms. The smallest absolute Gasteiger partial charge is 0.416 e. The summed E-state index contributed by atoms with van der Waals surface area (Å²) in [5.74, 6) is -1.01. The Labute approximate surface area is 177 Å². The second-order valence-electron chi connectivity index (χ2n) is 6.10. The fraction of sp³-hybridized carbons (Fsp3) is 0.438. The fourth-order valence-electron chi connectivity index (χ4n) is 2.15. The summed E-state index contributed by atoms with van der Waals surface area (Å²) in [7, 11) is 0. The van der Waals surface area contributed by atoms with Crippen molar-refractivity contribution in [2.45, 2.75) is 42.1 Å². The number of esters is 1. The molecule has 5 nitrogen and oxygen atoms in total. The number of hydrogen-bond acceptors (Lipinski definition) is 4. The molecular formula is C16H13Br2F6N3O2. The Morgan fingerprint density at radius 1 is 1.03 bits per heavy atom. The van der Waals surface area contributed by atoms with Crippen LogP contribution in [0.4, 0.5) is 26.3 Å². The number of halogens is 8. The van der Waals surface area contributed by atoms with Crippen LogP contribution in [0.2, 0.25) is 0 Å². The minimum Gasteiger partial charge on any atom is -0.462 e. The van der Waals surface area contributed by atoms with Gasteiger partial charge in [-0.1, -0.05) is 31.9 Å². The van der Waals surface area contributed by atoms with E-state index >= 15 is 0 Å². The first kappa shape index (κ1) is 23.6. The molecule has 0 N–H and O–H groups in total. The van der Waals surface area contributed by atoms with Crippen LogP contribution in [0.3, 0.4) is 0 Å². The molecule has 0 bridgehead atoms. The number of nitrogens with zero attached hydrogens (tertiary/aromatic N) is 3. The highest BCUT2D eigenvalue weighted by Gasteiger charge is 2.37. The third-order valence-corrected chi connectivity index (χ3v) is 5.96. The standard InChI is InChI=1S/C16H13Br2F6N3O2/c1-7(2)29-14(28)11(17)12(18)27-6-25-13(26-27)8-3-9(15(19,20)21)5-10(4-8)16(22,23)24/h3-7,11-12H,1-2H3. The summed E-state index contributed by atoms with van der Waals surface area (Å²) in [6.07, 6.45) is -9.30. The minimum atomic E-state index is -4.99. The van der Waals surface area contributed by atoms with Crippen LogP contribution in [0, 0.1) is 0 Å². The molecule has 0 radical (unpaired) electrons. The molecule has 29 heavy (non-hydrogen) atoms.